The Morgan fingerprint density at radius 2 is 1.75 bits per heavy atom. The molecule has 3 aromatic rings. The van der Waals surface area contributed by atoms with Crippen LogP contribution in [-0.4, -0.2) is 9.97 Å². The molecule has 0 aliphatic heterocycles. The molecule has 0 amide bonds. The average Bonchev–Trinajstić information content (AvgIpc) is 2.49. The van der Waals surface area contributed by atoms with Crippen molar-refractivity contribution in [1.29, 1.82) is 0 Å². The second-order valence-corrected chi connectivity index (χ2v) is 3.56. The number of rotatable bonds is 0. The Balaban J connectivity index is 2.60. The van der Waals surface area contributed by atoms with E-state index in [0.29, 0.717) is 5.52 Å². The first kappa shape index (κ1) is 8.97. The number of hydrogen-bond donors (Lipinski definition) is 0. The lowest BCUT2D eigenvalue weighted by Gasteiger charge is -1.97. The topological polar surface area (TPSA) is 42.9 Å². The van der Waals surface area contributed by atoms with Gasteiger partial charge < -0.3 is 0 Å². The minimum absolute atomic E-state index is 0.286. The van der Waals surface area contributed by atoms with Crippen molar-refractivity contribution in [1.82, 2.24) is 9.97 Å². The van der Waals surface area contributed by atoms with E-state index in [9.17, 15) is 4.79 Å². The second kappa shape index (κ2) is 3.38. The monoisotopic (exact) mass is 208 g/mol. The molecule has 0 unspecified atom stereocenters. The molecular weight excluding hydrogens is 200 g/mol. The van der Waals surface area contributed by atoms with Crippen LogP contribution >= 0.6 is 0 Å². The van der Waals surface area contributed by atoms with E-state index in [1.54, 1.807) is 6.07 Å². The minimum atomic E-state index is -0.286. The van der Waals surface area contributed by atoms with Crippen molar-refractivity contribution in [3.8, 4) is 0 Å². The van der Waals surface area contributed by atoms with Crippen molar-refractivity contribution in [2.24, 2.45) is 0 Å². The molecule has 0 spiro atoms. The standard InChI is InChI=1S/C13H8N2O/c16-13-12-10(5-3-7-14-13)8-9-4-1-2-6-11(9)15-12/h1-8H. The number of aromatic nitrogens is 2. The molecule has 16 heavy (non-hydrogen) atoms. The van der Waals surface area contributed by atoms with Gasteiger partial charge in [0.05, 0.1) is 5.52 Å². The summed E-state index contributed by atoms with van der Waals surface area (Å²) in [6, 6.07) is 13.3. The van der Waals surface area contributed by atoms with Gasteiger partial charge in [0.15, 0.2) is 0 Å². The van der Waals surface area contributed by atoms with Crippen LogP contribution in [0, 0.1) is 0 Å². The van der Waals surface area contributed by atoms with E-state index >= 15 is 0 Å². The van der Waals surface area contributed by atoms with Gasteiger partial charge in [-0.3, -0.25) is 4.79 Å². The Kier molecular flexibility index (Phi) is 1.90. The Morgan fingerprint density at radius 3 is 2.69 bits per heavy atom. The number of pyridine rings is 1. The summed E-state index contributed by atoms with van der Waals surface area (Å²) < 4.78 is 0. The highest BCUT2D eigenvalue weighted by molar-refractivity contribution is 5.91. The molecule has 76 valence electrons. The molecule has 0 aliphatic carbocycles. The molecule has 0 N–H and O–H groups in total. The van der Waals surface area contributed by atoms with Crippen LogP contribution in [0.2, 0.25) is 0 Å². The Labute approximate surface area is 91.4 Å². The third-order valence-electron chi connectivity index (χ3n) is 2.51. The molecule has 0 aliphatic rings. The Bertz CT molecular complexity index is 738. The number of hydrogen-bond acceptors (Lipinski definition) is 3. The smallest absolute Gasteiger partial charge is 0.265 e. The van der Waals surface area contributed by atoms with Gasteiger partial charge in [-0.05, 0) is 18.2 Å². The maximum Gasteiger partial charge on any atom is 0.296 e. The third kappa shape index (κ3) is 1.34. The Morgan fingerprint density at radius 1 is 0.938 bits per heavy atom. The second-order valence-electron chi connectivity index (χ2n) is 3.56. The first-order valence-electron chi connectivity index (χ1n) is 4.99. The van der Waals surface area contributed by atoms with Gasteiger partial charge in [0, 0.05) is 17.0 Å². The number of fused-ring (bicyclic) bond motifs is 2. The summed E-state index contributed by atoms with van der Waals surface area (Å²) in [6.07, 6.45) is 1.49. The maximum absolute atomic E-state index is 11.6. The van der Waals surface area contributed by atoms with Crippen molar-refractivity contribution in [3.05, 3.63) is 59.0 Å². The van der Waals surface area contributed by atoms with E-state index in [1.807, 2.05) is 36.4 Å². The SMILES string of the molecule is O=c1ncccc2cc3ccccc3nc12. The van der Waals surface area contributed by atoms with Crippen LogP contribution in [-0.2, 0) is 0 Å². The molecule has 3 rings (SSSR count). The van der Waals surface area contributed by atoms with Gasteiger partial charge in [0.1, 0.15) is 5.52 Å². The number of para-hydroxylation sites is 1. The zero-order valence-corrected chi connectivity index (χ0v) is 8.42. The molecule has 0 saturated heterocycles. The van der Waals surface area contributed by atoms with Crippen LogP contribution in [0.4, 0.5) is 0 Å². The fourth-order valence-corrected chi connectivity index (χ4v) is 1.75. The number of benzene rings is 1. The van der Waals surface area contributed by atoms with Gasteiger partial charge in [0.2, 0.25) is 0 Å². The molecule has 3 heteroatoms. The first-order valence-corrected chi connectivity index (χ1v) is 4.99. The zero-order chi connectivity index (χ0) is 11.0. The molecule has 2 heterocycles. The minimum Gasteiger partial charge on any atom is -0.265 e. The summed E-state index contributed by atoms with van der Waals surface area (Å²) in [7, 11) is 0. The summed E-state index contributed by atoms with van der Waals surface area (Å²) >= 11 is 0. The highest BCUT2D eigenvalue weighted by Gasteiger charge is 2.01. The van der Waals surface area contributed by atoms with Crippen LogP contribution in [0.1, 0.15) is 0 Å². The molecule has 0 radical (unpaired) electrons. The quantitative estimate of drug-likeness (QED) is 0.568. The predicted octanol–water partition coefficient (Wildman–Crippen LogP) is 2.14. The van der Waals surface area contributed by atoms with E-state index in [1.165, 1.54) is 6.20 Å². The molecule has 2 aromatic heterocycles. The van der Waals surface area contributed by atoms with Crippen molar-refractivity contribution in [2.45, 2.75) is 0 Å². The number of nitrogens with zero attached hydrogens (tertiary/aromatic N) is 2. The third-order valence-corrected chi connectivity index (χ3v) is 2.51. The van der Waals surface area contributed by atoms with Gasteiger partial charge in [-0.1, -0.05) is 24.3 Å². The normalized spacial score (nSPS) is 10.8. The van der Waals surface area contributed by atoms with Crippen LogP contribution < -0.4 is 5.56 Å². The highest BCUT2D eigenvalue weighted by Crippen LogP contribution is 2.15. The largest absolute Gasteiger partial charge is 0.296 e. The van der Waals surface area contributed by atoms with Crippen LogP contribution in [0.25, 0.3) is 21.8 Å². The van der Waals surface area contributed by atoms with Crippen LogP contribution in [0.5, 0.6) is 0 Å². The maximum atomic E-state index is 11.6. The van der Waals surface area contributed by atoms with Crippen molar-refractivity contribution in [2.75, 3.05) is 0 Å². The molecule has 1 aromatic carbocycles. The first-order chi connectivity index (χ1) is 7.84. The van der Waals surface area contributed by atoms with E-state index in [4.69, 9.17) is 0 Å². The van der Waals surface area contributed by atoms with Gasteiger partial charge in [-0.2, -0.15) is 0 Å². The predicted molar refractivity (Wildman–Crippen MR) is 63.3 cm³/mol. The van der Waals surface area contributed by atoms with Crippen molar-refractivity contribution < 1.29 is 0 Å². The zero-order valence-electron chi connectivity index (χ0n) is 8.42. The lowest BCUT2D eigenvalue weighted by molar-refractivity contribution is 1.27. The summed E-state index contributed by atoms with van der Waals surface area (Å²) in [5.74, 6) is 0. The molecular formula is C13H8N2O. The lowest BCUT2D eigenvalue weighted by Crippen LogP contribution is -2.03. The molecule has 0 fully saturated rings. The molecule has 0 bridgehead atoms. The summed E-state index contributed by atoms with van der Waals surface area (Å²) in [4.78, 5) is 19.7. The van der Waals surface area contributed by atoms with Gasteiger partial charge in [-0.25, -0.2) is 9.97 Å². The summed E-state index contributed by atoms with van der Waals surface area (Å²) in [5, 5.41) is 1.85. The van der Waals surface area contributed by atoms with Crippen molar-refractivity contribution >= 4 is 21.8 Å². The van der Waals surface area contributed by atoms with Gasteiger partial charge in [-0.15, -0.1) is 0 Å². The summed E-state index contributed by atoms with van der Waals surface area (Å²) in [5.41, 5.74) is 0.953. The van der Waals surface area contributed by atoms with Crippen LogP contribution in [0.3, 0.4) is 0 Å². The van der Waals surface area contributed by atoms with E-state index in [0.717, 1.165) is 16.3 Å². The average molecular weight is 208 g/mol. The van der Waals surface area contributed by atoms with Crippen molar-refractivity contribution in [3.63, 3.8) is 0 Å². The van der Waals surface area contributed by atoms with Gasteiger partial charge >= 0.3 is 0 Å². The molecule has 0 atom stereocenters. The van der Waals surface area contributed by atoms with E-state index < -0.39 is 0 Å². The lowest BCUT2D eigenvalue weighted by atomic mass is 10.1. The Hall–Kier alpha value is -2.29. The van der Waals surface area contributed by atoms with Crippen LogP contribution in [0.15, 0.2) is 53.5 Å². The van der Waals surface area contributed by atoms with E-state index in [-0.39, 0.29) is 5.56 Å². The van der Waals surface area contributed by atoms with E-state index in [2.05, 4.69) is 9.97 Å². The molecule has 3 nitrogen and oxygen atoms in total. The molecule has 0 saturated carbocycles. The summed E-state index contributed by atoms with van der Waals surface area (Å²) in [6.45, 7) is 0. The fourth-order valence-electron chi connectivity index (χ4n) is 1.75. The van der Waals surface area contributed by atoms with Gasteiger partial charge in [0.25, 0.3) is 5.56 Å². The highest BCUT2D eigenvalue weighted by atomic mass is 16.1. The fraction of sp³-hybridized carbons (Fsp3) is 0.